The minimum atomic E-state index is 0.148. The summed E-state index contributed by atoms with van der Waals surface area (Å²) < 4.78 is 2.24. The number of carbonyl (C=O) groups is 1. The van der Waals surface area contributed by atoms with Crippen LogP contribution >= 0.6 is 0 Å². The van der Waals surface area contributed by atoms with Gasteiger partial charge < -0.3 is 9.47 Å². The summed E-state index contributed by atoms with van der Waals surface area (Å²) in [5.41, 5.74) is 3.13. The zero-order valence-corrected chi connectivity index (χ0v) is 13.1. The van der Waals surface area contributed by atoms with Gasteiger partial charge in [-0.3, -0.25) is 4.79 Å². The first-order chi connectivity index (χ1) is 11.3. The number of aryl methyl sites for hydroxylation is 1. The fraction of sp³-hybridized carbons (Fsp3) is 0.263. The summed E-state index contributed by atoms with van der Waals surface area (Å²) >= 11 is 0. The predicted octanol–water partition coefficient (Wildman–Crippen LogP) is 3.58. The number of fused-ring (bicyclic) bond motifs is 1. The fourth-order valence-corrected chi connectivity index (χ4v) is 3.48. The highest BCUT2D eigenvalue weighted by Crippen LogP contribution is 2.32. The maximum absolute atomic E-state index is 12.5. The molecule has 3 aromatic rings. The Morgan fingerprint density at radius 3 is 2.61 bits per heavy atom. The molecule has 0 aliphatic carbocycles. The van der Waals surface area contributed by atoms with E-state index in [9.17, 15) is 4.79 Å². The molecule has 0 unspecified atom stereocenters. The van der Waals surface area contributed by atoms with E-state index in [2.05, 4.69) is 17.6 Å². The summed E-state index contributed by atoms with van der Waals surface area (Å²) in [4.78, 5) is 19.2. The number of carbonyl (C=O) groups excluding carboxylic acids is 1. The lowest BCUT2D eigenvalue weighted by atomic mass is 10.1. The van der Waals surface area contributed by atoms with Gasteiger partial charge in [0.1, 0.15) is 5.82 Å². The quantitative estimate of drug-likeness (QED) is 0.742. The Hall–Kier alpha value is -2.62. The first kappa shape index (κ1) is 14.0. The van der Waals surface area contributed by atoms with Crippen LogP contribution in [0.25, 0.3) is 11.0 Å². The van der Waals surface area contributed by atoms with E-state index < -0.39 is 0 Å². The van der Waals surface area contributed by atoms with Crippen molar-refractivity contribution in [2.24, 2.45) is 0 Å². The van der Waals surface area contributed by atoms with Crippen LogP contribution in [0.5, 0.6) is 0 Å². The fourth-order valence-electron chi connectivity index (χ4n) is 3.48. The molecular formula is C19H19N3O. The van der Waals surface area contributed by atoms with Gasteiger partial charge in [0.05, 0.1) is 11.0 Å². The molecule has 1 aromatic heterocycles. The van der Waals surface area contributed by atoms with E-state index in [4.69, 9.17) is 4.98 Å². The van der Waals surface area contributed by atoms with E-state index in [1.54, 1.807) is 0 Å². The van der Waals surface area contributed by atoms with Gasteiger partial charge in [-0.05, 0) is 31.2 Å². The van der Waals surface area contributed by atoms with E-state index in [1.807, 2.05) is 53.4 Å². The van der Waals surface area contributed by atoms with Gasteiger partial charge in [-0.25, -0.2) is 4.98 Å². The van der Waals surface area contributed by atoms with Crippen molar-refractivity contribution in [3.63, 3.8) is 0 Å². The van der Waals surface area contributed by atoms with Crippen molar-refractivity contribution in [2.45, 2.75) is 25.8 Å². The number of para-hydroxylation sites is 3. The van der Waals surface area contributed by atoms with E-state index in [0.29, 0.717) is 13.0 Å². The van der Waals surface area contributed by atoms with Gasteiger partial charge in [0.25, 0.3) is 0 Å². The number of nitrogens with zero attached hydrogens (tertiary/aromatic N) is 3. The second kappa shape index (κ2) is 5.54. The van der Waals surface area contributed by atoms with E-state index in [0.717, 1.165) is 29.1 Å². The Labute approximate surface area is 135 Å². The molecule has 4 nitrogen and oxygen atoms in total. The monoisotopic (exact) mass is 305 g/mol. The summed E-state index contributed by atoms with van der Waals surface area (Å²) in [6, 6.07) is 18.1. The van der Waals surface area contributed by atoms with Gasteiger partial charge in [-0.15, -0.1) is 0 Å². The first-order valence-corrected chi connectivity index (χ1v) is 8.08. The van der Waals surface area contributed by atoms with Crippen LogP contribution < -0.4 is 4.90 Å². The largest absolute Gasteiger partial charge is 0.328 e. The summed E-state index contributed by atoms with van der Waals surface area (Å²) in [6.45, 7) is 3.70. The molecule has 1 amide bonds. The van der Waals surface area contributed by atoms with Crippen LogP contribution in [-0.4, -0.2) is 22.0 Å². The smallest absolute Gasteiger partial charge is 0.227 e. The third-order valence-corrected chi connectivity index (χ3v) is 4.56. The maximum atomic E-state index is 12.5. The second-order valence-corrected chi connectivity index (χ2v) is 5.94. The molecule has 0 spiro atoms. The molecule has 1 saturated heterocycles. The van der Waals surface area contributed by atoms with Gasteiger partial charge in [0, 0.05) is 31.1 Å². The predicted molar refractivity (Wildman–Crippen MR) is 91.6 cm³/mol. The molecular weight excluding hydrogens is 286 g/mol. The third-order valence-electron chi connectivity index (χ3n) is 4.56. The lowest BCUT2D eigenvalue weighted by Gasteiger charge is -2.17. The van der Waals surface area contributed by atoms with Gasteiger partial charge >= 0.3 is 0 Å². The lowest BCUT2D eigenvalue weighted by molar-refractivity contribution is -0.117. The van der Waals surface area contributed by atoms with E-state index in [1.165, 1.54) is 0 Å². The van der Waals surface area contributed by atoms with Crippen LogP contribution in [0.4, 0.5) is 5.69 Å². The summed E-state index contributed by atoms with van der Waals surface area (Å²) in [6.07, 6.45) is 0.526. The van der Waals surface area contributed by atoms with Crippen LogP contribution in [0.15, 0.2) is 54.6 Å². The van der Waals surface area contributed by atoms with E-state index in [-0.39, 0.29) is 11.8 Å². The Bertz CT molecular complexity index is 853. The van der Waals surface area contributed by atoms with E-state index >= 15 is 0 Å². The number of rotatable bonds is 3. The molecule has 1 aliphatic heterocycles. The lowest BCUT2D eigenvalue weighted by Crippen LogP contribution is -2.24. The van der Waals surface area contributed by atoms with Crippen molar-refractivity contribution in [2.75, 3.05) is 11.4 Å². The highest BCUT2D eigenvalue weighted by atomic mass is 16.2. The van der Waals surface area contributed by atoms with Crippen LogP contribution in [0.2, 0.25) is 0 Å². The minimum Gasteiger partial charge on any atom is -0.328 e. The number of hydrogen-bond acceptors (Lipinski definition) is 2. The standard InChI is InChI=1S/C19H19N3O/c1-2-21-17-11-7-6-10-16(17)20-19(21)14-12-18(23)22(13-14)15-8-4-3-5-9-15/h3-11,14H,2,12-13H2,1H3/t14-/m1/s1. The van der Waals surface area contributed by atoms with Crippen molar-refractivity contribution in [3.8, 4) is 0 Å². The Balaban J connectivity index is 1.71. The molecule has 0 radical (unpaired) electrons. The molecule has 4 rings (SSSR count). The van der Waals surface area contributed by atoms with Crippen LogP contribution in [0, 0.1) is 0 Å². The van der Waals surface area contributed by atoms with Gasteiger partial charge in [-0.2, -0.15) is 0 Å². The number of benzene rings is 2. The van der Waals surface area contributed by atoms with Crippen molar-refractivity contribution in [3.05, 3.63) is 60.4 Å². The Morgan fingerprint density at radius 1 is 1.09 bits per heavy atom. The van der Waals surface area contributed by atoms with Crippen molar-refractivity contribution in [1.29, 1.82) is 0 Å². The molecule has 1 atom stereocenters. The Kier molecular flexibility index (Phi) is 3.37. The van der Waals surface area contributed by atoms with Crippen LogP contribution in [0.3, 0.4) is 0 Å². The van der Waals surface area contributed by atoms with Gasteiger partial charge in [0.2, 0.25) is 5.91 Å². The molecule has 4 heteroatoms. The summed E-state index contributed by atoms with van der Waals surface area (Å²) in [5, 5.41) is 0. The Morgan fingerprint density at radius 2 is 1.83 bits per heavy atom. The van der Waals surface area contributed by atoms with Crippen molar-refractivity contribution >= 4 is 22.6 Å². The number of imidazole rings is 1. The average molecular weight is 305 g/mol. The molecule has 0 bridgehead atoms. The molecule has 23 heavy (non-hydrogen) atoms. The number of aromatic nitrogens is 2. The van der Waals surface area contributed by atoms with Gasteiger partial charge in [-0.1, -0.05) is 30.3 Å². The number of amides is 1. The molecule has 116 valence electrons. The topological polar surface area (TPSA) is 38.1 Å². The molecule has 2 heterocycles. The normalized spacial score (nSPS) is 18.0. The second-order valence-electron chi connectivity index (χ2n) is 5.94. The summed E-state index contributed by atoms with van der Waals surface area (Å²) in [7, 11) is 0. The highest BCUT2D eigenvalue weighted by molar-refractivity contribution is 5.96. The molecule has 1 aliphatic rings. The van der Waals surface area contributed by atoms with Crippen molar-refractivity contribution < 1.29 is 4.79 Å². The zero-order chi connectivity index (χ0) is 15.8. The number of hydrogen-bond donors (Lipinski definition) is 0. The summed E-state index contributed by atoms with van der Waals surface area (Å²) in [5.74, 6) is 1.35. The molecule has 0 saturated carbocycles. The minimum absolute atomic E-state index is 0.148. The third kappa shape index (κ3) is 2.31. The molecule has 1 fully saturated rings. The van der Waals surface area contributed by atoms with Crippen LogP contribution in [-0.2, 0) is 11.3 Å². The van der Waals surface area contributed by atoms with Gasteiger partial charge in [0.15, 0.2) is 0 Å². The SMILES string of the molecule is CCn1c([C@@H]2CC(=O)N(c3ccccc3)C2)nc2ccccc21. The maximum Gasteiger partial charge on any atom is 0.227 e. The molecule has 2 aromatic carbocycles. The number of anilines is 1. The van der Waals surface area contributed by atoms with Crippen LogP contribution in [0.1, 0.15) is 25.1 Å². The first-order valence-electron chi connectivity index (χ1n) is 8.08. The molecule has 0 N–H and O–H groups in total. The average Bonchev–Trinajstić information content (AvgIpc) is 3.15. The highest BCUT2D eigenvalue weighted by Gasteiger charge is 2.34. The van der Waals surface area contributed by atoms with Crippen molar-refractivity contribution in [1.82, 2.24) is 9.55 Å². The zero-order valence-electron chi connectivity index (χ0n) is 13.1.